The Bertz CT molecular complexity index is 655. The lowest BCUT2D eigenvalue weighted by Crippen LogP contribution is -2.58. The fraction of sp³-hybridized carbons (Fsp3) is 1.00. The Kier molecular flexibility index (Phi) is 18.2. The maximum atomic E-state index is 8.16. The van der Waals surface area contributed by atoms with Crippen molar-refractivity contribution in [1.29, 1.82) is 0 Å². The molecule has 4 aliphatic rings. The second-order valence-electron chi connectivity index (χ2n) is 16.2. The van der Waals surface area contributed by atoms with E-state index in [2.05, 4.69) is 13.8 Å². The molecule has 0 spiro atoms. The minimum Gasteiger partial charge on any atom is -0.370 e. The third-order valence-corrected chi connectivity index (χ3v) is 12.6. The van der Waals surface area contributed by atoms with Crippen molar-refractivity contribution in [2.45, 2.75) is 243 Å². The molecule has 2 saturated heterocycles. The Labute approximate surface area is 281 Å². The van der Waals surface area contributed by atoms with Gasteiger partial charge in [0.25, 0.3) is 0 Å². The molecular weight excluding hydrogens is 552 g/mol. The maximum absolute atomic E-state index is 8.16. The molecule has 0 aromatic carbocycles. The Balaban J connectivity index is 1.46. The van der Waals surface area contributed by atoms with Gasteiger partial charge in [0.2, 0.25) is 0 Å². The molecule has 3 nitrogen and oxygen atoms in total. The highest BCUT2D eigenvalue weighted by atomic mass is 16.6. The molecule has 0 amide bonds. The van der Waals surface area contributed by atoms with E-state index in [1.165, 1.54) is 205 Å². The van der Waals surface area contributed by atoms with Gasteiger partial charge >= 0.3 is 0 Å². The van der Waals surface area contributed by atoms with Crippen molar-refractivity contribution in [1.82, 2.24) is 0 Å². The van der Waals surface area contributed by atoms with E-state index in [0.717, 1.165) is 13.2 Å². The molecule has 4 unspecified atom stereocenters. The fourth-order valence-electron chi connectivity index (χ4n) is 9.63. The van der Waals surface area contributed by atoms with Crippen LogP contribution in [-0.2, 0) is 14.2 Å². The average molecular weight is 631 g/mol. The van der Waals surface area contributed by atoms with Gasteiger partial charge in [-0.3, -0.25) is 0 Å². The van der Waals surface area contributed by atoms with Gasteiger partial charge in [-0.05, 0) is 50.4 Å². The molecule has 0 radical (unpaired) electrons. The lowest BCUT2D eigenvalue weighted by atomic mass is 9.71. The smallest absolute Gasteiger partial charge is 0.110 e. The van der Waals surface area contributed by atoms with Crippen LogP contribution in [0.25, 0.3) is 0 Å². The SMILES string of the molecule is CCCCCCCCCCCC(OC(CCCCCCCCCCC)(C1CCCCCC1)C1CO1)(C1CCCCCC1)C1CO1. The van der Waals surface area contributed by atoms with Crippen molar-refractivity contribution < 1.29 is 14.2 Å². The van der Waals surface area contributed by atoms with E-state index in [9.17, 15) is 0 Å². The van der Waals surface area contributed by atoms with Crippen LogP contribution >= 0.6 is 0 Å². The summed E-state index contributed by atoms with van der Waals surface area (Å²) in [6.07, 6.45) is 44.8. The highest BCUT2D eigenvalue weighted by Gasteiger charge is 2.61. The normalized spacial score (nSPS) is 25.7. The van der Waals surface area contributed by atoms with Crippen LogP contribution in [0.2, 0.25) is 0 Å². The summed E-state index contributed by atoms with van der Waals surface area (Å²) in [5.74, 6) is 1.32. The number of unbranched alkanes of at least 4 members (excludes halogenated alkanes) is 16. The second kappa shape index (κ2) is 21.8. The molecule has 2 aliphatic heterocycles. The molecule has 2 saturated carbocycles. The summed E-state index contributed by atoms with van der Waals surface area (Å²) in [6.45, 7) is 6.50. The van der Waals surface area contributed by atoms with Gasteiger partial charge in [0.05, 0.1) is 13.2 Å². The lowest BCUT2D eigenvalue weighted by Gasteiger charge is -2.50. The number of epoxide rings is 2. The van der Waals surface area contributed by atoms with Gasteiger partial charge in [-0.2, -0.15) is 0 Å². The first-order chi connectivity index (χ1) is 22.2. The highest BCUT2D eigenvalue weighted by molar-refractivity contribution is 5.09. The van der Waals surface area contributed by atoms with E-state index in [1.807, 2.05) is 0 Å². The summed E-state index contributed by atoms with van der Waals surface area (Å²) in [6, 6.07) is 0. The van der Waals surface area contributed by atoms with E-state index < -0.39 is 0 Å². The molecule has 0 N–H and O–H groups in total. The quantitative estimate of drug-likeness (QED) is 0.0542. The molecule has 4 atom stereocenters. The van der Waals surface area contributed by atoms with Crippen LogP contribution in [0.3, 0.4) is 0 Å². The van der Waals surface area contributed by atoms with Crippen molar-refractivity contribution in [3.8, 4) is 0 Å². The van der Waals surface area contributed by atoms with Gasteiger partial charge < -0.3 is 14.2 Å². The van der Waals surface area contributed by atoms with E-state index in [1.54, 1.807) is 0 Å². The summed E-state index contributed by atoms with van der Waals surface area (Å²) in [5, 5.41) is 0. The number of rotatable bonds is 26. The van der Waals surface area contributed by atoms with Crippen molar-refractivity contribution in [3.63, 3.8) is 0 Å². The molecule has 264 valence electrons. The van der Waals surface area contributed by atoms with Crippen LogP contribution in [0, 0.1) is 11.8 Å². The van der Waals surface area contributed by atoms with Crippen LogP contribution in [-0.4, -0.2) is 36.6 Å². The lowest BCUT2D eigenvalue weighted by molar-refractivity contribution is -0.232. The van der Waals surface area contributed by atoms with Crippen LogP contribution in [0.4, 0.5) is 0 Å². The Morgan fingerprint density at radius 2 is 0.711 bits per heavy atom. The summed E-state index contributed by atoms with van der Waals surface area (Å²) < 4.78 is 20.9. The number of hydrogen-bond acceptors (Lipinski definition) is 3. The fourth-order valence-corrected chi connectivity index (χ4v) is 9.63. The van der Waals surface area contributed by atoms with Crippen molar-refractivity contribution in [2.75, 3.05) is 13.2 Å². The number of hydrogen-bond donors (Lipinski definition) is 0. The van der Waals surface area contributed by atoms with Gasteiger partial charge in [0.1, 0.15) is 23.4 Å². The minimum absolute atomic E-state index is 0.0942. The summed E-state index contributed by atoms with van der Waals surface area (Å²) >= 11 is 0. The Morgan fingerprint density at radius 3 is 1.00 bits per heavy atom. The Morgan fingerprint density at radius 1 is 0.422 bits per heavy atom. The van der Waals surface area contributed by atoms with Gasteiger partial charge in [-0.15, -0.1) is 0 Å². The first-order valence-corrected chi connectivity index (χ1v) is 21.2. The zero-order chi connectivity index (χ0) is 31.5. The second-order valence-corrected chi connectivity index (χ2v) is 16.2. The van der Waals surface area contributed by atoms with E-state index in [-0.39, 0.29) is 11.2 Å². The zero-order valence-electron chi connectivity index (χ0n) is 30.6. The largest absolute Gasteiger partial charge is 0.370 e. The van der Waals surface area contributed by atoms with Crippen LogP contribution in [0.15, 0.2) is 0 Å². The van der Waals surface area contributed by atoms with E-state index >= 15 is 0 Å². The number of ether oxygens (including phenoxy) is 3. The topological polar surface area (TPSA) is 34.3 Å². The predicted octanol–water partition coefficient (Wildman–Crippen LogP) is 13.1. The molecule has 4 rings (SSSR count). The van der Waals surface area contributed by atoms with Crippen LogP contribution in [0.1, 0.15) is 219 Å². The highest BCUT2D eigenvalue weighted by Crippen LogP contribution is 2.53. The monoisotopic (exact) mass is 631 g/mol. The van der Waals surface area contributed by atoms with E-state index in [0.29, 0.717) is 24.0 Å². The molecule has 3 heteroatoms. The zero-order valence-corrected chi connectivity index (χ0v) is 30.6. The molecular formula is C42H78O3. The minimum atomic E-state index is -0.0942. The third-order valence-electron chi connectivity index (χ3n) is 12.6. The molecule has 0 bridgehead atoms. The first kappa shape index (κ1) is 37.7. The van der Waals surface area contributed by atoms with E-state index in [4.69, 9.17) is 14.2 Å². The summed E-state index contributed by atoms with van der Waals surface area (Å²) in [4.78, 5) is 0. The van der Waals surface area contributed by atoms with Crippen molar-refractivity contribution in [2.24, 2.45) is 11.8 Å². The van der Waals surface area contributed by atoms with Crippen LogP contribution in [0.5, 0.6) is 0 Å². The summed E-state index contributed by atoms with van der Waals surface area (Å²) in [5.41, 5.74) is -0.188. The first-order valence-electron chi connectivity index (χ1n) is 21.2. The van der Waals surface area contributed by atoms with Gasteiger partial charge in [0, 0.05) is 0 Å². The van der Waals surface area contributed by atoms with Gasteiger partial charge in [-0.25, -0.2) is 0 Å². The summed E-state index contributed by atoms with van der Waals surface area (Å²) in [7, 11) is 0. The standard InChI is InChI=1S/C42H78O3/c1-3-5-7-9-11-13-15-21-27-33-41(39-35-43-39,37-29-23-17-18-24-30-37)45-42(40-36-44-40,38-31-25-19-20-26-32-38)34-28-22-16-14-12-10-8-6-4-2/h37-40H,3-36H2,1-2H3. The van der Waals surface area contributed by atoms with Crippen molar-refractivity contribution >= 4 is 0 Å². The maximum Gasteiger partial charge on any atom is 0.110 e. The Hall–Kier alpha value is -0.120. The van der Waals surface area contributed by atoms with Crippen LogP contribution < -0.4 is 0 Å². The van der Waals surface area contributed by atoms with Gasteiger partial charge in [-0.1, -0.05) is 181 Å². The molecule has 2 heterocycles. The molecule has 0 aromatic heterocycles. The average Bonchev–Trinajstić information content (AvgIpc) is 3.93. The molecule has 45 heavy (non-hydrogen) atoms. The molecule has 2 aliphatic carbocycles. The third kappa shape index (κ3) is 12.7. The molecule has 4 fully saturated rings. The van der Waals surface area contributed by atoms with Gasteiger partial charge in [0.15, 0.2) is 0 Å². The molecule has 0 aromatic rings. The predicted molar refractivity (Wildman–Crippen MR) is 192 cm³/mol. The van der Waals surface area contributed by atoms with Crippen molar-refractivity contribution in [3.05, 3.63) is 0 Å².